The lowest BCUT2D eigenvalue weighted by Gasteiger charge is -2.27. The van der Waals surface area contributed by atoms with E-state index in [-0.39, 0.29) is 49.5 Å². The van der Waals surface area contributed by atoms with Gasteiger partial charge >= 0.3 is 5.97 Å². The van der Waals surface area contributed by atoms with Gasteiger partial charge in [0.1, 0.15) is 25.6 Å². The quantitative estimate of drug-likeness (QED) is 0.0822. The fourth-order valence-electron chi connectivity index (χ4n) is 8.73. The molecule has 2 aromatic carbocycles. The molecule has 5 aliphatic heterocycles. The molecule has 0 saturated carbocycles. The Bertz CT molecular complexity index is 2280. The molecular weight excluding hydrogens is 877 g/mol. The second kappa shape index (κ2) is 24.3. The normalized spacial score (nSPS) is 20.7. The molecule has 5 aliphatic rings. The predicted octanol–water partition coefficient (Wildman–Crippen LogP) is 4.93. The van der Waals surface area contributed by atoms with Crippen molar-refractivity contribution in [3.05, 3.63) is 82.3 Å². The average molecular weight is 943 g/mol. The third-order valence-electron chi connectivity index (χ3n) is 12.6. The van der Waals surface area contributed by atoms with Gasteiger partial charge in [0.05, 0.1) is 107 Å². The molecule has 2 aromatic rings. The number of ether oxygens (including phenoxy) is 9. The molecule has 0 aromatic heterocycles. The first-order valence-electron chi connectivity index (χ1n) is 23.3. The van der Waals surface area contributed by atoms with Crippen LogP contribution in [0.25, 0.3) is 0 Å². The molecule has 7 rings (SSSR count). The molecule has 2 N–H and O–H groups in total. The maximum absolute atomic E-state index is 13.8. The number of esters is 1. The van der Waals surface area contributed by atoms with Crippen LogP contribution in [0.1, 0.15) is 53.8 Å². The molecule has 3 atom stereocenters. The number of hydrogen-bond acceptors (Lipinski definition) is 16. The Hall–Kier alpha value is -6.08. The summed E-state index contributed by atoms with van der Waals surface area (Å²) in [5.41, 5.74) is 5.33. The molecule has 5 heterocycles. The number of rotatable bonds is 24. The molecule has 18 heteroatoms. The van der Waals surface area contributed by atoms with Crippen LogP contribution in [0.2, 0.25) is 0 Å². The molecule has 2 amide bonds. The van der Waals surface area contributed by atoms with E-state index in [2.05, 4.69) is 27.7 Å². The standard InChI is InChI=1S/C50H66N6O12/c1-7-33-19-37-27-51-42-25-46(44(61-4)23-40(42)49(58)55(37)29-33)67-31-35-21-39(66-14-12-54(10-9-48(57)63-6)11-13-64-17-18-65-16-15-60-3)22-36(53-35)32-68-47-26-43-41(24-45(47)62-5)50(59)56-30-34(8-2)20-38(56)28-52-43/h7-8,21-27,36-38,52-53H,9-20,28-32H2,1-6H3/b33-7+,34-8+/t36?,37-,38-/m0/s1. The van der Waals surface area contributed by atoms with Crippen LogP contribution in [0.15, 0.2) is 76.2 Å². The molecule has 18 nitrogen and oxygen atoms in total. The zero-order valence-electron chi connectivity index (χ0n) is 40.1. The van der Waals surface area contributed by atoms with Crippen LogP contribution in [0.4, 0.5) is 11.4 Å². The molecule has 1 unspecified atom stereocenters. The van der Waals surface area contributed by atoms with Crippen LogP contribution < -0.4 is 29.6 Å². The number of hydrogen-bond donors (Lipinski definition) is 2. The fraction of sp³-hybridized carbons (Fsp3) is 0.520. The molecule has 0 aliphatic carbocycles. The minimum atomic E-state index is -0.391. The summed E-state index contributed by atoms with van der Waals surface area (Å²) in [5.74, 6) is 1.87. The van der Waals surface area contributed by atoms with Crippen LogP contribution >= 0.6 is 0 Å². The van der Waals surface area contributed by atoms with E-state index in [4.69, 9.17) is 47.6 Å². The molecule has 0 bridgehead atoms. The number of anilines is 1. The average Bonchev–Trinajstić information content (AvgIpc) is 3.93. The Morgan fingerprint density at radius 3 is 2.22 bits per heavy atom. The highest BCUT2D eigenvalue weighted by atomic mass is 16.5. The number of fused-ring (bicyclic) bond motifs is 4. The number of allylic oxidation sites excluding steroid dienone is 3. The SMILES string of the molecule is C/C=C1\C[C@H]2CNc3cc(OCC4C=C(OCCN(CCOCCOCCOC)CCC(=O)OC)C=C(COc5cc6c(cc5OC)C(=O)N5C/C(=C/C)C[C@H]5C=N6)N4)c(OC)cc3C(=O)N2C1. The Labute approximate surface area is 398 Å². The van der Waals surface area contributed by atoms with Crippen molar-refractivity contribution in [1.82, 2.24) is 20.0 Å². The van der Waals surface area contributed by atoms with Crippen molar-refractivity contribution < 1.29 is 57.0 Å². The first-order valence-corrected chi connectivity index (χ1v) is 23.3. The predicted molar refractivity (Wildman–Crippen MR) is 256 cm³/mol. The van der Waals surface area contributed by atoms with Crippen LogP contribution in [0, 0.1) is 0 Å². The molecule has 2 fully saturated rings. The third-order valence-corrected chi connectivity index (χ3v) is 12.6. The van der Waals surface area contributed by atoms with Gasteiger partial charge in [-0.3, -0.25) is 24.3 Å². The molecule has 68 heavy (non-hydrogen) atoms. The smallest absolute Gasteiger partial charge is 0.306 e. The van der Waals surface area contributed by atoms with Gasteiger partial charge in [-0.2, -0.15) is 0 Å². The Morgan fingerprint density at radius 1 is 0.779 bits per heavy atom. The largest absolute Gasteiger partial charge is 0.493 e. The monoisotopic (exact) mass is 942 g/mol. The van der Waals surface area contributed by atoms with E-state index in [9.17, 15) is 14.4 Å². The number of amides is 2. The number of dihydropyridines is 1. The number of aliphatic imine (C=N–C) groups is 1. The third kappa shape index (κ3) is 12.5. The number of benzene rings is 2. The topological polar surface area (TPSA) is 180 Å². The fourth-order valence-corrected chi connectivity index (χ4v) is 8.73. The zero-order chi connectivity index (χ0) is 48.0. The van der Waals surface area contributed by atoms with E-state index >= 15 is 0 Å². The lowest BCUT2D eigenvalue weighted by molar-refractivity contribution is -0.141. The van der Waals surface area contributed by atoms with Gasteiger partial charge in [-0.15, -0.1) is 0 Å². The van der Waals surface area contributed by atoms with Gasteiger partial charge in [0.15, 0.2) is 23.0 Å². The summed E-state index contributed by atoms with van der Waals surface area (Å²) in [4.78, 5) is 50.2. The summed E-state index contributed by atoms with van der Waals surface area (Å²) in [5, 5.41) is 7.01. The number of carbonyl (C=O) groups is 3. The van der Waals surface area contributed by atoms with E-state index in [1.54, 1.807) is 39.5 Å². The highest BCUT2D eigenvalue weighted by Gasteiger charge is 2.37. The summed E-state index contributed by atoms with van der Waals surface area (Å²) in [7, 11) is 6.11. The number of carbonyl (C=O) groups excluding carboxylic acids is 3. The lowest BCUT2D eigenvalue weighted by atomic mass is 10.1. The second-order valence-electron chi connectivity index (χ2n) is 16.9. The first-order chi connectivity index (χ1) is 33.1. The zero-order valence-corrected chi connectivity index (χ0v) is 40.1. The van der Waals surface area contributed by atoms with E-state index in [1.807, 2.05) is 48.1 Å². The van der Waals surface area contributed by atoms with Crippen LogP contribution in [-0.2, 0) is 28.5 Å². The highest BCUT2D eigenvalue weighted by Crippen LogP contribution is 2.40. The summed E-state index contributed by atoms with van der Waals surface area (Å²) >= 11 is 0. The molecule has 2 saturated heterocycles. The van der Waals surface area contributed by atoms with Crippen molar-refractivity contribution >= 4 is 35.4 Å². The van der Waals surface area contributed by atoms with Crippen molar-refractivity contribution in [2.75, 3.05) is 126 Å². The van der Waals surface area contributed by atoms with Gasteiger partial charge in [-0.1, -0.05) is 23.3 Å². The van der Waals surface area contributed by atoms with Crippen molar-refractivity contribution in [1.29, 1.82) is 0 Å². The van der Waals surface area contributed by atoms with Gasteiger partial charge in [-0.05, 0) is 44.9 Å². The maximum Gasteiger partial charge on any atom is 0.306 e. The Balaban J connectivity index is 1.06. The van der Waals surface area contributed by atoms with Crippen LogP contribution in [0.5, 0.6) is 23.0 Å². The van der Waals surface area contributed by atoms with E-state index < -0.39 is 6.04 Å². The number of nitrogens with zero attached hydrogens (tertiary/aromatic N) is 4. The van der Waals surface area contributed by atoms with Gasteiger partial charge in [0.2, 0.25) is 0 Å². The first kappa shape index (κ1) is 49.8. The Morgan fingerprint density at radius 2 is 1.47 bits per heavy atom. The summed E-state index contributed by atoms with van der Waals surface area (Å²) in [6.07, 6.45) is 11.6. The van der Waals surface area contributed by atoms with Crippen molar-refractivity contribution in [2.24, 2.45) is 4.99 Å². The van der Waals surface area contributed by atoms with E-state index in [1.165, 1.54) is 18.3 Å². The van der Waals surface area contributed by atoms with E-state index in [0.717, 1.165) is 12.8 Å². The lowest BCUT2D eigenvalue weighted by Crippen LogP contribution is -2.37. The molecule has 0 spiro atoms. The number of nitrogens with one attached hydrogen (secondary N) is 2. The minimum absolute atomic E-state index is 0.0438. The molecule has 0 radical (unpaired) electrons. The summed E-state index contributed by atoms with van der Waals surface area (Å²) in [6.45, 7) is 10.2. The van der Waals surface area contributed by atoms with Crippen LogP contribution in [-0.4, -0.2) is 177 Å². The summed E-state index contributed by atoms with van der Waals surface area (Å²) in [6, 6.07) is 6.57. The highest BCUT2D eigenvalue weighted by molar-refractivity contribution is 6.04. The van der Waals surface area contributed by atoms with Crippen LogP contribution in [0.3, 0.4) is 0 Å². The van der Waals surface area contributed by atoms with Gasteiger partial charge in [0.25, 0.3) is 11.8 Å². The van der Waals surface area contributed by atoms with Crippen molar-refractivity contribution in [3.63, 3.8) is 0 Å². The van der Waals surface area contributed by atoms with Crippen molar-refractivity contribution in [3.8, 4) is 23.0 Å². The minimum Gasteiger partial charge on any atom is -0.493 e. The Kier molecular flexibility index (Phi) is 17.8. The van der Waals surface area contributed by atoms with E-state index in [0.29, 0.717) is 136 Å². The molecule has 368 valence electrons. The van der Waals surface area contributed by atoms with Gasteiger partial charge in [-0.25, -0.2) is 0 Å². The van der Waals surface area contributed by atoms with Crippen molar-refractivity contribution in [2.45, 2.75) is 51.2 Å². The number of methoxy groups -OCH3 is 4. The summed E-state index contributed by atoms with van der Waals surface area (Å²) < 4.78 is 52.1. The molecular formula is C50H66N6O12. The second-order valence-corrected chi connectivity index (χ2v) is 16.9. The van der Waals surface area contributed by atoms with Gasteiger partial charge in [0, 0.05) is 70.8 Å². The maximum atomic E-state index is 13.8. The van der Waals surface area contributed by atoms with Gasteiger partial charge < -0.3 is 63.1 Å².